The lowest BCUT2D eigenvalue weighted by Crippen LogP contribution is -2.18. The van der Waals surface area contributed by atoms with Crippen molar-refractivity contribution >= 4 is 24.1 Å². The number of nitro benzene ring substituents is 1. The number of hydrogen-bond donors (Lipinski definition) is 1. The van der Waals surface area contributed by atoms with Gasteiger partial charge in [0.25, 0.3) is 5.69 Å². The number of nitrogens with zero attached hydrogens (tertiary/aromatic N) is 1. The van der Waals surface area contributed by atoms with Crippen molar-refractivity contribution in [1.29, 1.82) is 0 Å². The van der Waals surface area contributed by atoms with Gasteiger partial charge in [-0.2, -0.15) is 0 Å². The Kier molecular flexibility index (Phi) is 6.95. The molecular weight excluding hydrogens is 279 g/mol. The van der Waals surface area contributed by atoms with Crippen LogP contribution in [0.25, 0.3) is 0 Å². The number of esters is 1. The van der Waals surface area contributed by atoms with Gasteiger partial charge >= 0.3 is 5.97 Å². The molecule has 0 aliphatic heterocycles. The predicted molar refractivity (Wildman–Crippen MR) is 68.5 cm³/mol. The molecule has 0 saturated carbocycles. The van der Waals surface area contributed by atoms with Crippen molar-refractivity contribution in [2.45, 2.75) is 19.4 Å². The van der Waals surface area contributed by atoms with Crippen LogP contribution in [0.1, 0.15) is 24.9 Å². The molecule has 1 aromatic rings. The minimum absolute atomic E-state index is 0. The second-order valence-electron chi connectivity index (χ2n) is 3.58. The summed E-state index contributed by atoms with van der Waals surface area (Å²) in [6, 6.07) is 1.98. The quantitative estimate of drug-likeness (QED) is 0.509. The van der Waals surface area contributed by atoms with E-state index in [1.807, 2.05) is 0 Å². The Balaban J connectivity index is 0.00000324. The third kappa shape index (κ3) is 4.80. The summed E-state index contributed by atoms with van der Waals surface area (Å²) >= 11 is 0. The van der Waals surface area contributed by atoms with Crippen LogP contribution in [-0.2, 0) is 9.53 Å². The van der Waals surface area contributed by atoms with Crippen LogP contribution in [0.4, 0.5) is 10.1 Å². The number of benzene rings is 1. The zero-order valence-corrected chi connectivity index (χ0v) is 11.0. The van der Waals surface area contributed by atoms with Crippen LogP contribution < -0.4 is 5.73 Å². The lowest BCUT2D eigenvalue weighted by Gasteiger charge is -2.11. The highest BCUT2D eigenvalue weighted by atomic mass is 35.5. The Morgan fingerprint density at radius 3 is 2.74 bits per heavy atom. The summed E-state index contributed by atoms with van der Waals surface area (Å²) in [5, 5.41) is 10.8. The molecule has 0 heterocycles. The standard InChI is InChI=1S/C11H13FN2O4.ClH/c1-2-18-11(15)6-9(13)8-5-7(12)3-4-10(8)14(16)17;/h3-5,9H,2,6,13H2,1H3;1H/t9-;/m0./s1. The first kappa shape index (κ1) is 17.3. The van der Waals surface area contributed by atoms with Gasteiger partial charge in [0.2, 0.25) is 0 Å². The van der Waals surface area contributed by atoms with Crippen molar-refractivity contribution in [3.05, 3.63) is 39.7 Å². The zero-order chi connectivity index (χ0) is 13.7. The highest BCUT2D eigenvalue weighted by Crippen LogP contribution is 2.26. The first-order valence-corrected chi connectivity index (χ1v) is 5.30. The molecule has 0 bridgehead atoms. The summed E-state index contributed by atoms with van der Waals surface area (Å²) in [5.41, 5.74) is 5.33. The minimum Gasteiger partial charge on any atom is -0.466 e. The predicted octanol–water partition coefficient (Wildman–Crippen LogP) is 2.11. The maximum atomic E-state index is 13.1. The van der Waals surface area contributed by atoms with Gasteiger partial charge in [-0.3, -0.25) is 14.9 Å². The van der Waals surface area contributed by atoms with E-state index in [0.717, 1.165) is 18.2 Å². The van der Waals surface area contributed by atoms with E-state index in [9.17, 15) is 19.3 Å². The van der Waals surface area contributed by atoms with Crippen molar-refractivity contribution < 1.29 is 18.8 Å². The van der Waals surface area contributed by atoms with Crippen molar-refractivity contribution in [3.8, 4) is 0 Å². The molecule has 6 nitrogen and oxygen atoms in total. The average Bonchev–Trinajstić information content (AvgIpc) is 2.28. The fourth-order valence-corrected chi connectivity index (χ4v) is 1.50. The van der Waals surface area contributed by atoms with Crippen LogP contribution in [0.5, 0.6) is 0 Å². The second-order valence-corrected chi connectivity index (χ2v) is 3.58. The summed E-state index contributed by atoms with van der Waals surface area (Å²) in [5.74, 6) is -1.22. The van der Waals surface area contributed by atoms with E-state index in [-0.39, 0.29) is 36.7 Å². The van der Waals surface area contributed by atoms with Crippen molar-refractivity contribution in [2.75, 3.05) is 6.61 Å². The molecule has 0 aliphatic carbocycles. The Bertz CT molecular complexity index is 470. The molecule has 0 unspecified atom stereocenters. The van der Waals surface area contributed by atoms with E-state index < -0.39 is 22.8 Å². The number of nitro groups is 1. The van der Waals surface area contributed by atoms with Crippen molar-refractivity contribution in [1.82, 2.24) is 0 Å². The number of carbonyl (C=O) groups is 1. The van der Waals surface area contributed by atoms with E-state index in [4.69, 9.17) is 5.73 Å². The van der Waals surface area contributed by atoms with Crippen LogP contribution in [-0.4, -0.2) is 17.5 Å². The number of carbonyl (C=O) groups excluding carboxylic acids is 1. The first-order chi connectivity index (χ1) is 8.45. The van der Waals surface area contributed by atoms with E-state index in [0.29, 0.717) is 0 Å². The van der Waals surface area contributed by atoms with Crippen LogP contribution in [0, 0.1) is 15.9 Å². The maximum Gasteiger partial charge on any atom is 0.307 e. The topological polar surface area (TPSA) is 95.5 Å². The molecule has 106 valence electrons. The number of ether oxygens (including phenoxy) is 1. The van der Waals surface area contributed by atoms with Gasteiger partial charge in [0.05, 0.1) is 18.0 Å². The molecule has 19 heavy (non-hydrogen) atoms. The molecular formula is C11H14ClFN2O4. The molecule has 8 heteroatoms. The van der Waals surface area contributed by atoms with Gasteiger partial charge in [0, 0.05) is 17.7 Å². The Morgan fingerprint density at radius 1 is 1.58 bits per heavy atom. The van der Waals surface area contributed by atoms with Crippen LogP contribution >= 0.6 is 12.4 Å². The fourth-order valence-electron chi connectivity index (χ4n) is 1.50. The Morgan fingerprint density at radius 2 is 2.21 bits per heavy atom. The number of nitrogens with two attached hydrogens (primary N) is 1. The van der Waals surface area contributed by atoms with E-state index in [1.54, 1.807) is 6.92 Å². The maximum absolute atomic E-state index is 13.1. The van der Waals surface area contributed by atoms with Crippen LogP contribution in [0.3, 0.4) is 0 Å². The highest BCUT2D eigenvalue weighted by molar-refractivity contribution is 5.85. The van der Waals surface area contributed by atoms with E-state index >= 15 is 0 Å². The van der Waals surface area contributed by atoms with Crippen LogP contribution in [0.15, 0.2) is 18.2 Å². The molecule has 0 aliphatic rings. The summed E-state index contributed by atoms with van der Waals surface area (Å²) < 4.78 is 17.7. The van der Waals surface area contributed by atoms with E-state index in [2.05, 4.69) is 4.74 Å². The molecule has 0 fully saturated rings. The normalized spacial score (nSPS) is 11.3. The molecule has 1 aromatic carbocycles. The molecule has 0 radical (unpaired) electrons. The molecule has 0 spiro atoms. The molecule has 0 aromatic heterocycles. The Labute approximate surface area is 115 Å². The number of halogens is 2. The third-order valence-corrected chi connectivity index (χ3v) is 2.28. The molecule has 1 rings (SSSR count). The average molecular weight is 293 g/mol. The van der Waals surface area contributed by atoms with Crippen LogP contribution in [0.2, 0.25) is 0 Å². The van der Waals surface area contributed by atoms with Gasteiger partial charge in [-0.05, 0) is 19.1 Å². The Hall–Kier alpha value is -1.73. The van der Waals surface area contributed by atoms with E-state index in [1.165, 1.54) is 0 Å². The first-order valence-electron chi connectivity index (χ1n) is 5.30. The van der Waals surface area contributed by atoms with Crippen molar-refractivity contribution in [3.63, 3.8) is 0 Å². The summed E-state index contributed by atoms with van der Waals surface area (Å²) in [4.78, 5) is 21.3. The van der Waals surface area contributed by atoms with Gasteiger partial charge < -0.3 is 10.5 Å². The van der Waals surface area contributed by atoms with Crippen molar-refractivity contribution in [2.24, 2.45) is 5.73 Å². The monoisotopic (exact) mass is 292 g/mol. The summed E-state index contributed by atoms with van der Waals surface area (Å²) in [6.07, 6.45) is -0.238. The fraction of sp³-hybridized carbons (Fsp3) is 0.364. The molecule has 1 atom stereocenters. The number of rotatable bonds is 5. The highest BCUT2D eigenvalue weighted by Gasteiger charge is 2.22. The summed E-state index contributed by atoms with van der Waals surface area (Å²) in [6.45, 7) is 1.82. The number of hydrogen-bond acceptors (Lipinski definition) is 5. The lowest BCUT2D eigenvalue weighted by atomic mass is 10.0. The largest absolute Gasteiger partial charge is 0.466 e. The summed E-state index contributed by atoms with van der Waals surface area (Å²) in [7, 11) is 0. The molecule has 0 amide bonds. The third-order valence-electron chi connectivity index (χ3n) is 2.28. The lowest BCUT2D eigenvalue weighted by molar-refractivity contribution is -0.385. The van der Waals surface area contributed by atoms with Gasteiger partial charge in [-0.25, -0.2) is 4.39 Å². The van der Waals surface area contributed by atoms with Gasteiger partial charge in [-0.1, -0.05) is 0 Å². The minimum atomic E-state index is -0.972. The second kappa shape index (κ2) is 7.65. The molecule has 0 saturated heterocycles. The zero-order valence-electron chi connectivity index (χ0n) is 10.2. The smallest absolute Gasteiger partial charge is 0.307 e. The van der Waals surface area contributed by atoms with Gasteiger partial charge in [0.15, 0.2) is 0 Å². The van der Waals surface area contributed by atoms with Gasteiger partial charge in [0.1, 0.15) is 5.82 Å². The molecule has 2 N–H and O–H groups in total. The van der Waals surface area contributed by atoms with Gasteiger partial charge in [-0.15, -0.1) is 12.4 Å². The SMILES string of the molecule is CCOC(=O)C[C@H](N)c1cc(F)ccc1[N+](=O)[O-].Cl.